The van der Waals surface area contributed by atoms with Gasteiger partial charge in [0.15, 0.2) is 11.5 Å². The molecule has 1 amide bonds. The molecule has 2 aromatic carbocycles. The molecule has 0 aliphatic rings. The number of carbonyl (C=O) groups is 1. The molecule has 0 saturated heterocycles. The monoisotopic (exact) mass is 348 g/mol. The maximum atomic E-state index is 12.3. The number of nitrogens with one attached hydrogen (secondary N) is 2. The highest BCUT2D eigenvalue weighted by molar-refractivity contribution is 6.02. The smallest absolute Gasteiger partial charge is 0.276 e. The quantitative estimate of drug-likeness (QED) is 0.726. The van der Waals surface area contributed by atoms with Crippen LogP contribution in [0.2, 0.25) is 0 Å². The Bertz CT molecular complexity index is 923. The van der Waals surface area contributed by atoms with Gasteiger partial charge in [0, 0.05) is 17.4 Å². The summed E-state index contributed by atoms with van der Waals surface area (Å²) in [6, 6.07) is 16.6. The molecule has 3 rings (SSSR count). The van der Waals surface area contributed by atoms with Crippen LogP contribution in [0.3, 0.4) is 0 Å². The molecule has 0 fully saturated rings. The van der Waals surface area contributed by atoms with Crippen molar-refractivity contribution in [3.63, 3.8) is 0 Å². The van der Waals surface area contributed by atoms with E-state index in [1.54, 1.807) is 19.2 Å². The van der Waals surface area contributed by atoms with E-state index in [9.17, 15) is 4.79 Å². The van der Waals surface area contributed by atoms with E-state index in [1.165, 1.54) is 5.56 Å². The van der Waals surface area contributed by atoms with Crippen molar-refractivity contribution in [2.75, 3.05) is 17.7 Å². The molecule has 0 spiro atoms. The SMILES string of the molecule is COc1cccc(Nc2ccc(C(=O)Nc3ccc(C)c(C)c3)nn2)c1. The number of aryl methyl sites for hydroxylation is 2. The molecule has 0 unspecified atom stereocenters. The minimum Gasteiger partial charge on any atom is -0.497 e. The second kappa shape index (κ2) is 7.65. The van der Waals surface area contributed by atoms with Crippen LogP contribution in [0.15, 0.2) is 54.6 Å². The van der Waals surface area contributed by atoms with Crippen molar-refractivity contribution in [3.05, 3.63) is 71.4 Å². The van der Waals surface area contributed by atoms with Gasteiger partial charge in [-0.05, 0) is 61.4 Å². The predicted octanol–water partition coefficient (Wildman–Crippen LogP) is 4.10. The minimum atomic E-state index is -0.298. The Labute approximate surface area is 152 Å². The average Bonchev–Trinajstić information content (AvgIpc) is 2.65. The van der Waals surface area contributed by atoms with Crippen molar-refractivity contribution in [3.8, 4) is 5.75 Å². The van der Waals surface area contributed by atoms with E-state index in [0.29, 0.717) is 5.82 Å². The number of rotatable bonds is 5. The predicted molar refractivity (Wildman–Crippen MR) is 102 cm³/mol. The number of carbonyl (C=O) groups excluding carboxylic acids is 1. The highest BCUT2D eigenvalue weighted by Crippen LogP contribution is 2.20. The molecule has 2 N–H and O–H groups in total. The zero-order chi connectivity index (χ0) is 18.5. The average molecular weight is 348 g/mol. The van der Waals surface area contributed by atoms with Crippen molar-refractivity contribution in [2.24, 2.45) is 0 Å². The van der Waals surface area contributed by atoms with Crippen LogP contribution in [-0.4, -0.2) is 23.2 Å². The zero-order valence-corrected chi connectivity index (χ0v) is 14.9. The maximum Gasteiger partial charge on any atom is 0.276 e. The number of methoxy groups -OCH3 is 1. The van der Waals surface area contributed by atoms with Gasteiger partial charge in [-0.1, -0.05) is 12.1 Å². The van der Waals surface area contributed by atoms with Crippen molar-refractivity contribution in [1.82, 2.24) is 10.2 Å². The van der Waals surface area contributed by atoms with E-state index in [0.717, 1.165) is 22.7 Å². The molecule has 6 heteroatoms. The van der Waals surface area contributed by atoms with Crippen molar-refractivity contribution >= 4 is 23.1 Å². The van der Waals surface area contributed by atoms with Gasteiger partial charge in [0.1, 0.15) is 5.75 Å². The van der Waals surface area contributed by atoms with Crippen molar-refractivity contribution in [1.29, 1.82) is 0 Å². The second-order valence-corrected chi connectivity index (χ2v) is 5.91. The third-order valence-corrected chi connectivity index (χ3v) is 4.00. The third-order valence-electron chi connectivity index (χ3n) is 4.00. The summed E-state index contributed by atoms with van der Waals surface area (Å²) in [6.07, 6.45) is 0. The van der Waals surface area contributed by atoms with Gasteiger partial charge in [0.2, 0.25) is 0 Å². The van der Waals surface area contributed by atoms with Crippen molar-refractivity contribution < 1.29 is 9.53 Å². The molecule has 3 aromatic rings. The molecule has 0 aliphatic carbocycles. The molecule has 0 radical (unpaired) electrons. The fourth-order valence-electron chi connectivity index (χ4n) is 2.38. The third kappa shape index (κ3) is 4.16. The van der Waals surface area contributed by atoms with Crippen LogP contribution >= 0.6 is 0 Å². The molecule has 1 aromatic heterocycles. The van der Waals surface area contributed by atoms with Crippen LogP contribution in [0.25, 0.3) is 0 Å². The number of amides is 1. The summed E-state index contributed by atoms with van der Waals surface area (Å²) in [7, 11) is 1.61. The largest absolute Gasteiger partial charge is 0.497 e. The Morgan fingerprint density at radius 2 is 1.77 bits per heavy atom. The number of aromatic nitrogens is 2. The Morgan fingerprint density at radius 3 is 2.46 bits per heavy atom. The van der Waals surface area contributed by atoms with E-state index in [2.05, 4.69) is 20.8 Å². The maximum absolute atomic E-state index is 12.3. The lowest BCUT2D eigenvalue weighted by Crippen LogP contribution is -2.14. The fraction of sp³-hybridized carbons (Fsp3) is 0.150. The van der Waals surface area contributed by atoms with Crippen molar-refractivity contribution in [2.45, 2.75) is 13.8 Å². The summed E-state index contributed by atoms with van der Waals surface area (Å²) in [4.78, 5) is 12.3. The Balaban J connectivity index is 1.68. The second-order valence-electron chi connectivity index (χ2n) is 5.91. The van der Waals surface area contributed by atoms with Gasteiger partial charge in [0.05, 0.1) is 7.11 Å². The standard InChI is InChI=1S/C20H20N4O2/c1-13-7-8-16(11-14(13)2)22-20(25)18-9-10-19(24-23-18)21-15-5-4-6-17(12-15)26-3/h4-12H,1-3H3,(H,21,24)(H,22,25). The number of benzene rings is 2. The van der Waals surface area contributed by atoms with Crippen LogP contribution in [0, 0.1) is 13.8 Å². The molecule has 1 heterocycles. The fourth-order valence-corrected chi connectivity index (χ4v) is 2.38. The minimum absolute atomic E-state index is 0.249. The van der Waals surface area contributed by atoms with E-state index < -0.39 is 0 Å². The summed E-state index contributed by atoms with van der Waals surface area (Å²) < 4.78 is 5.19. The highest BCUT2D eigenvalue weighted by atomic mass is 16.5. The van der Waals surface area contributed by atoms with Gasteiger partial charge in [-0.3, -0.25) is 4.79 Å². The van der Waals surface area contributed by atoms with Crippen LogP contribution < -0.4 is 15.4 Å². The van der Waals surface area contributed by atoms with E-state index in [4.69, 9.17) is 4.74 Å². The Morgan fingerprint density at radius 1 is 0.923 bits per heavy atom. The van der Waals surface area contributed by atoms with E-state index >= 15 is 0 Å². The molecule has 0 bridgehead atoms. The molecule has 0 saturated carbocycles. The molecular formula is C20H20N4O2. The Hall–Kier alpha value is -3.41. The zero-order valence-electron chi connectivity index (χ0n) is 14.9. The van der Waals surface area contributed by atoms with Crippen LogP contribution in [-0.2, 0) is 0 Å². The van der Waals surface area contributed by atoms with E-state index in [-0.39, 0.29) is 11.6 Å². The number of hydrogen-bond donors (Lipinski definition) is 2. The Kier molecular flexibility index (Phi) is 5.12. The molecule has 26 heavy (non-hydrogen) atoms. The first kappa shape index (κ1) is 17.4. The topological polar surface area (TPSA) is 76.1 Å². The van der Waals surface area contributed by atoms with E-state index in [1.807, 2.05) is 56.3 Å². The van der Waals surface area contributed by atoms with Crippen LogP contribution in [0.1, 0.15) is 21.6 Å². The van der Waals surface area contributed by atoms with Gasteiger partial charge in [0.25, 0.3) is 5.91 Å². The summed E-state index contributed by atoms with van der Waals surface area (Å²) in [5.74, 6) is 0.988. The molecule has 132 valence electrons. The summed E-state index contributed by atoms with van der Waals surface area (Å²) in [6.45, 7) is 4.03. The lowest BCUT2D eigenvalue weighted by atomic mass is 10.1. The van der Waals surface area contributed by atoms with Crippen LogP contribution in [0.4, 0.5) is 17.2 Å². The van der Waals surface area contributed by atoms with Gasteiger partial charge in [-0.2, -0.15) is 0 Å². The molecular weight excluding hydrogens is 328 g/mol. The first-order chi connectivity index (χ1) is 12.5. The van der Waals surface area contributed by atoms with Gasteiger partial charge in [-0.15, -0.1) is 10.2 Å². The van der Waals surface area contributed by atoms with Gasteiger partial charge >= 0.3 is 0 Å². The summed E-state index contributed by atoms with van der Waals surface area (Å²) in [5, 5.41) is 14.0. The first-order valence-electron chi connectivity index (χ1n) is 8.18. The lowest BCUT2D eigenvalue weighted by Gasteiger charge is -2.08. The summed E-state index contributed by atoms with van der Waals surface area (Å²) in [5.41, 5.74) is 4.10. The normalized spacial score (nSPS) is 10.3. The van der Waals surface area contributed by atoms with Gasteiger partial charge in [-0.25, -0.2) is 0 Å². The van der Waals surface area contributed by atoms with Crippen LogP contribution in [0.5, 0.6) is 5.75 Å². The highest BCUT2D eigenvalue weighted by Gasteiger charge is 2.09. The molecule has 6 nitrogen and oxygen atoms in total. The lowest BCUT2D eigenvalue weighted by molar-refractivity contribution is 0.102. The molecule has 0 atom stereocenters. The number of hydrogen-bond acceptors (Lipinski definition) is 5. The summed E-state index contributed by atoms with van der Waals surface area (Å²) >= 11 is 0. The number of anilines is 3. The number of ether oxygens (including phenoxy) is 1. The number of nitrogens with zero attached hydrogens (tertiary/aromatic N) is 2. The van der Waals surface area contributed by atoms with Gasteiger partial charge < -0.3 is 15.4 Å². The first-order valence-corrected chi connectivity index (χ1v) is 8.18. The molecule has 0 aliphatic heterocycles.